The zero-order valence-electron chi connectivity index (χ0n) is 17.4. The highest BCUT2D eigenvalue weighted by atomic mass is 19.4. The first kappa shape index (κ1) is 22.5. The van der Waals surface area contributed by atoms with Crippen molar-refractivity contribution in [1.82, 2.24) is 10.2 Å². The molecule has 5 nitrogen and oxygen atoms in total. The molecule has 9 heteroatoms. The number of carbonyl (C=O) groups is 1. The predicted molar refractivity (Wildman–Crippen MR) is 105 cm³/mol. The summed E-state index contributed by atoms with van der Waals surface area (Å²) in [7, 11) is 0. The van der Waals surface area contributed by atoms with E-state index in [0.29, 0.717) is 44.3 Å². The van der Waals surface area contributed by atoms with Crippen LogP contribution in [-0.2, 0) is 22.1 Å². The number of nitrogens with zero attached hydrogens (tertiary/aromatic N) is 1. The van der Waals surface area contributed by atoms with Crippen LogP contribution in [0.2, 0.25) is 0 Å². The molecule has 4 rings (SSSR count). The highest BCUT2D eigenvalue weighted by molar-refractivity contribution is 5.83. The molecular weight excluding hydrogens is 416 g/mol. The maximum Gasteiger partial charge on any atom is 0.416 e. The third-order valence-corrected chi connectivity index (χ3v) is 6.92. The zero-order valence-corrected chi connectivity index (χ0v) is 17.4. The van der Waals surface area contributed by atoms with Crippen LogP contribution < -0.4 is 5.32 Å². The van der Waals surface area contributed by atoms with E-state index in [4.69, 9.17) is 4.74 Å². The van der Waals surface area contributed by atoms with Crippen molar-refractivity contribution >= 4 is 5.91 Å². The van der Waals surface area contributed by atoms with E-state index in [0.717, 1.165) is 12.1 Å². The minimum absolute atomic E-state index is 0.0265. The van der Waals surface area contributed by atoms with Crippen LogP contribution in [0.3, 0.4) is 0 Å². The van der Waals surface area contributed by atoms with Gasteiger partial charge in [-0.25, -0.2) is 4.39 Å². The third-order valence-electron chi connectivity index (χ3n) is 6.92. The summed E-state index contributed by atoms with van der Waals surface area (Å²) >= 11 is 0. The van der Waals surface area contributed by atoms with Gasteiger partial charge < -0.3 is 20.1 Å². The van der Waals surface area contributed by atoms with Crippen molar-refractivity contribution in [3.8, 4) is 0 Å². The average molecular weight is 444 g/mol. The SMILES string of the molecule is CC1(C(=O)N2CCc3ccc(C(F)(F)F)cc3C2O)CCC(NC2CCOCC2F)C1. The van der Waals surface area contributed by atoms with Gasteiger partial charge in [-0.3, -0.25) is 4.79 Å². The maximum atomic E-state index is 14.1. The number of benzene rings is 1. The molecule has 172 valence electrons. The van der Waals surface area contributed by atoms with Crippen molar-refractivity contribution in [3.63, 3.8) is 0 Å². The first-order chi connectivity index (χ1) is 14.6. The number of rotatable bonds is 3. The van der Waals surface area contributed by atoms with E-state index in [1.165, 1.54) is 11.0 Å². The molecule has 2 aliphatic heterocycles. The molecule has 1 aromatic carbocycles. The lowest BCUT2D eigenvalue weighted by Crippen LogP contribution is -2.49. The van der Waals surface area contributed by atoms with Gasteiger partial charge in [0.2, 0.25) is 5.91 Å². The van der Waals surface area contributed by atoms with E-state index < -0.39 is 29.6 Å². The van der Waals surface area contributed by atoms with Crippen LogP contribution in [0.4, 0.5) is 17.6 Å². The highest BCUT2D eigenvalue weighted by Gasteiger charge is 2.46. The van der Waals surface area contributed by atoms with Gasteiger partial charge >= 0.3 is 6.18 Å². The number of carbonyl (C=O) groups excluding carboxylic acids is 1. The van der Waals surface area contributed by atoms with Gasteiger partial charge in [0, 0.05) is 36.2 Å². The van der Waals surface area contributed by atoms with Crippen LogP contribution in [-0.4, -0.2) is 53.9 Å². The predicted octanol–water partition coefficient (Wildman–Crippen LogP) is 3.36. The Bertz CT molecular complexity index is 833. The Morgan fingerprint density at radius 1 is 1.32 bits per heavy atom. The molecule has 0 bridgehead atoms. The van der Waals surface area contributed by atoms with Crippen molar-refractivity contribution < 1.29 is 32.2 Å². The van der Waals surface area contributed by atoms with Gasteiger partial charge in [-0.05, 0) is 49.8 Å². The van der Waals surface area contributed by atoms with Gasteiger partial charge in [-0.15, -0.1) is 0 Å². The molecule has 1 saturated carbocycles. The van der Waals surface area contributed by atoms with Gasteiger partial charge in [0.15, 0.2) is 6.23 Å². The molecule has 5 unspecified atom stereocenters. The number of hydrogen-bond donors (Lipinski definition) is 2. The molecule has 2 N–H and O–H groups in total. The van der Waals surface area contributed by atoms with Crippen LogP contribution in [0.5, 0.6) is 0 Å². The molecule has 1 saturated heterocycles. The summed E-state index contributed by atoms with van der Waals surface area (Å²) in [5, 5.41) is 14.1. The molecule has 0 aromatic heterocycles. The molecule has 2 heterocycles. The van der Waals surface area contributed by atoms with Crippen molar-refractivity contribution in [1.29, 1.82) is 0 Å². The summed E-state index contributed by atoms with van der Waals surface area (Å²) in [6, 6.07) is 2.99. The molecule has 5 atom stereocenters. The van der Waals surface area contributed by atoms with Crippen LogP contribution in [0.1, 0.15) is 55.5 Å². The van der Waals surface area contributed by atoms with Crippen molar-refractivity contribution in [2.24, 2.45) is 5.41 Å². The summed E-state index contributed by atoms with van der Waals surface area (Å²) in [6.45, 7) is 2.64. The van der Waals surface area contributed by atoms with Crippen LogP contribution >= 0.6 is 0 Å². The molecule has 1 aliphatic carbocycles. The minimum Gasteiger partial charge on any atom is -0.378 e. The lowest BCUT2D eigenvalue weighted by Gasteiger charge is -2.39. The molecule has 2 fully saturated rings. The van der Waals surface area contributed by atoms with Gasteiger partial charge in [-0.2, -0.15) is 13.2 Å². The number of aliphatic hydroxyl groups is 1. The Kier molecular flexibility index (Phi) is 6.04. The van der Waals surface area contributed by atoms with Gasteiger partial charge in [0.1, 0.15) is 6.17 Å². The normalized spacial score (nSPS) is 33.9. The zero-order chi connectivity index (χ0) is 22.4. The van der Waals surface area contributed by atoms with E-state index in [9.17, 15) is 27.5 Å². The Hall–Kier alpha value is -1.71. The van der Waals surface area contributed by atoms with Gasteiger partial charge in [0.25, 0.3) is 0 Å². The highest BCUT2D eigenvalue weighted by Crippen LogP contribution is 2.43. The summed E-state index contributed by atoms with van der Waals surface area (Å²) in [5.74, 6) is -0.267. The topological polar surface area (TPSA) is 61.8 Å². The largest absolute Gasteiger partial charge is 0.416 e. The number of nitrogens with one attached hydrogen (secondary N) is 1. The Morgan fingerprint density at radius 3 is 2.81 bits per heavy atom. The number of halogens is 4. The molecule has 31 heavy (non-hydrogen) atoms. The number of fused-ring (bicyclic) bond motifs is 1. The summed E-state index contributed by atoms with van der Waals surface area (Å²) in [5.41, 5.74) is -0.843. The Balaban J connectivity index is 1.46. The van der Waals surface area contributed by atoms with E-state index in [2.05, 4.69) is 5.32 Å². The van der Waals surface area contributed by atoms with E-state index in [1.54, 1.807) is 0 Å². The first-order valence-electron chi connectivity index (χ1n) is 10.8. The lowest BCUT2D eigenvalue weighted by atomic mass is 9.85. The second kappa shape index (κ2) is 8.33. The Morgan fingerprint density at radius 2 is 2.10 bits per heavy atom. The number of alkyl halides is 4. The summed E-state index contributed by atoms with van der Waals surface area (Å²) in [6.07, 6.45) is -4.28. The minimum atomic E-state index is -4.52. The van der Waals surface area contributed by atoms with Crippen LogP contribution in [0.25, 0.3) is 0 Å². The smallest absolute Gasteiger partial charge is 0.378 e. The fourth-order valence-electron chi connectivity index (χ4n) is 5.10. The van der Waals surface area contributed by atoms with Crippen LogP contribution in [0, 0.1) is 5.41 Å². The maximum absolute atomic E-state index is 14.1. The first-order valence-corrected chi connectivity index (χ1v) is 10.8. The second-order valence-corrected chi connectivity index (χ2v) is 9.19. The monoisotopic (exact) mass is 444 g/mol. The molecule has 0 radical (unpaired) electrons. The number of ether oxygens (including phenoxy) is 1. The fraction of sp³-hybridized carbons (Fsp3) is 0.682. The summed E-state index contributed by atoms with van der Waals surface area (Å²) in [4.78, 5) is 14.6. The molecule has 1 aromatic rings. The molecule has 3 aliphatic rings. The fourth-order valence-corrected chi connectivity index (χ4v) is 5.10. The quantitative estimate of drug-likeness (QED) is 0.702. The van der Waals surface area contributed by atoms with E-state index >= 15 is 0 Å². The number of amides is 1. The number of aliphatic hydroxyl groups excluding tert-OH is 1. The van der Waals surface area contributed by atoms with Gasteiger partial charge in [0.05, 0.1) is 12.2 Å². The van der Waals surface area contributed by atoms with Crippen LogP contribution in [0.15, 0.2) is 18.2 Å². The molecule has 1 amide bonds. The van der Waals surface area contributed by atoms with Gasteiger partial charge in [-0.1, -0.05) is 13.0 Å². The molecule has 0 spiro atoms. The third kappa shape index (κ3) is 4.45. The molecular formula is C22H28F4N2O3. The Labute approximate surface area is 178 Å². The average Bonchev–Trinajstić information content (AvgIpc) is 3.10. The van der Waals surface area contributed by atoms with E-state index in [-0.39, 0.29) is 36.7 Å². The van der Waals surface area contributed by atoms with Crippen molar-refractivity contribution in [3.05, 3.63) is 34.9 Å². The lowest BCUT2D eigenvalue weighted by molar-refractivity contribution is -0.153. The van der Waals surface area contributed by atoms with E-state index in [1.807, 2.05) is 6.92 Å². The standard InChI is InChI=1S/C22H28F4N2O3/c1-21(7-4-15(11-21)27-18-6-9-31-12-17(18)23)20(30)28-8-5-13-2-3-14(22(24,25)26)10-16(13)19(28)29/h2-3,10,15,17-19,27,29H,4-9,11-12H2,1H3. The van der Waals surface area contributed by atoms with Crippen molar-refractivity contribution in [2.45, 2.75) is 69.7 Å². The number of hydrogen-bond acceptors (Lipinski definition) is 4. The van der Waals surface area contributed by atoms with Crippen molar-refractivity contribution in [2.75, 3.05) is 19.8 Å². The second-order valence-electron chi connectivity index (χ2n) is 9.19. The summed E-state index contributed by atoms with van der Waals surface area (Å²) < 4.78 is 58.5.